The molecule has 0 saturated heterocycles. The number of carbonyl (C=O) groups excluding carboxylic acids is 1. The van der Waals surface area contributed by atoms with Gasteiger partial charge in [0.2, 0.25) is 0 Å². The minimum Gasteiger partial charge on any atom is -0.451 e. The van der Waals surface area contributed by atoms with E-state index < -0.39 is 0 Å². The van der Waals surface area contributed by atoms with Crippen LogP contribution in [0.15, 0.2) is 65.3 Å². The Bertz CT molecular complexity index is 751. The molecular formula is C16H11FN2O2. The fraction of sp³-hybridized carbons (Fsp3) is 0. The first-order chi connectivity index (χ1) is 10.2. The second-order valence-corrected chi connectivity index (χ2v) is 4.37. The third-order valence-corrected chi connectivity index (χ3v) is 2.88. The number of nitrogens with one attached hydrogen (secondary N) is 1. The third kappa shape index (κ3) is 2.97. The first kappa shape index (κ1) is 13.1. The van der Waals surface area contributed by atoms with Gasteiger partial charge in [0.1, 0.15) is 11.6 Å². The predicted octanol–water partition coefficient (Wildman–Crippen LogP) is 3.73. The Morgan fingerprint density at radius 2 is 1.90 bits per heavy atom. The molecule has 1 aromatic carbocycles. The third-order valence-electron chi connectivity index (χ3n) is 2.88. The highest BCUT2D eigenvalue weighted by Gasteiger charge is 2.12. The average Bonchev–Trinajstić information content (AvgIpc) is 2.99. The summed E-state index contributed by atoms with van der Waals surface area (Å²) in [5.74, 6) is 0.000673. The molecular weight excluding hydrogens is 271 g/mol. The molecule has 0 radical (unpaired) electrons. The van der Waals surface area contributed by atoms with Gasteiger partial charge in [-0.1, -0.05) is 0 Å². The van der Waals surface area contributed by atoms with Crippen LogP contribution in [0.25, 0.3) is 11.3 Å². The number of benzene rings is 1. The van der Waals surface area contributed by atoms with E-state index in [4.69, 9.17) is 4.42 Å². The van der Waals surface area contributed by atoms with E-state index in [0.717, 1.165) is 0 Å². The number of pyridine rings is 1. The van der Waals surface area contributed by atoms with Crippen molar-refractivity contribution in [3.05, 3.63) is 72.5 Å². The molecule has 0 aliphatic rings. The van der Waals surface area contributed by atoms with Crippen LogP contribution in [0.3, 0.4) is 0 Å². The molecule has 21 heavy (non-hydrogen) atoms. The zero-order valence-corrected chi connectivity index (χ0v) is 10.9. The maximum Gasteiger partial charge on any atom is 0.291 e. The van der Waals surface area contributed by atoms with E-state index in [1.165, 1.54) is 12.1 Å². The summed E-state index contributed by atoms with van der Waals surface area (Å²) in [5, 5.41) is 2.68. The molecule has 1 N–H and O–H groups in total. The van der Waals surface area contributed by atoms with Crippen LogP contribution in [0.2, 0.25) is 0 Å². The van der Waals surface area contributed by atoms with Gasteiger partial charge in [-0.25, -0.2) is 4.39 Å². The molecule has 0 spiro atoms. The number of hydrogen-bond donors (Lipinski definition) is 1. The van der Waals surface area contributed by atoms with Crippen molar-refractivity contribution in [1.82, 2.24) is 4.98 Å². The molecule has 104 valence electrons. The van der Waals surface area contributed by atoms with Crippen molar-refractivity contribution < 1.29 is 13.6 Å². The molecule has 0 fully saturated rings. The molecule has 2 heterocycles. The molecule has 4 nitrogen and oxygen atoms in total. The molecule has 0 bridgehead atoms. The molecule has 1 amide bonds. The highest BCUT2D eigenvalue weighted by Crippen LogP contribution is 2.22. The van der Waals surface area contributed by atoms with E-state index >= 15 is 0 Å². The SMILES string of the molecule is O=C(Nc1cccnc1)c1ccc(-c2ccc(F)cc2)o1. The fourth-order valence-electron chi connectivity index (χ4n) is 1.86. The van der Waals surface area contributed by atoms with Crippen LogP contribution >= 0.6 is 0 Å². The van der Waals surface area contributed by atoms with E-state index in [-0.39, 0.29) is 17.5 Å². The van der Waals surface area contributed by atoms with Crippen molar-refractivity contribution in [2.45, 2.75) is 0 Å². The maximum atomic E-state index is 12.9. The highest BCUT2D eigenvalue weighted by atomic mass is 19.1. The van der Waals surface area contributed by atoms with Crippen LogP contribution < -0.4 is 5.32 Å². The van der Waals surface area contributed by atoms with Crippen molar-refractivity contribution in [3.63, 3.8) is 0 Å². The van der Waals surface area contributed by atoms with Crippen molar-refractivity contribution in [2.75, 3.05) is 5.32 Å². The van der Waals surface area contributed by atoms with Gasteiger partial charge in [-0.05, 0) is 48.5 Å². The standard InChI is InChI=1S/C16H11FN2O2/c17-12-5-3-11(4-6-12)14-7-8-15(21-14)16(20)19-13-2-1-9-18-10-13/h1-10H,(H,19,20). The number of furan rings is 1. The summed E-state index contributed by atoms with van der Waals surface area (Å²) in [5.41, 5.74) is 1.29. The van der Waals surface area contributed by atoms with Crippen molar-refractivity contribution in [1.29, 1.82) is 0 Å². The molecule has 0 aliphatic carbocycles. The Kier molecular flexibility index (Phi) is 3.47. The monoisotopic (exact) mass is 282 g/mol. The van der Waals surface area contributed by atoms with Crippen LogP contribution in [0.4, 0.5) is 10.1 Å². The van der Waals surface area contributed by atoms with E-state index in [9.17, 15) is 9.18 Å². The number of hydrogen-bond acceptors (Lipinski definition) is 3. The quantitative estimate of drug-likeness (QED) is 0.796. The number of aromatic nitrogens is 1. The minimum atomic E-state index is -0.364. The zero-order valence-electron chi connectivity index (χ0n) is 10.9. The van der Waals surface area contributed by atoms with Gasteiger partial charge in [-0.2, -0.15) is 0 Å². The Labute approximate surface area is 120 Å². The van der Waals surface area contributed by atoms with E-state index in [1.54, 1.807) is 48.8 Å². The lowest BCUT2D eigenvalue weighted by atomic mass is 10.2. The fourth-order valence-corrected chi connectivity index (χ4v) is 1.86. The molecule has 3 rings (SSSR count). The van der Waals surface area contributed by atoms with Crippen molar-refractivity contribution >= 4 is 11.6 Å². The lowest BCUT2D eigenvalue weighted by Gasteiger charge is -2.01. The number of amides is 1. The lowest BCUT2D eigenvalue weighted by Crippen LogP contribution is -2.10. The van der Waals surface area contributed by atoms with E-state index in [0.29, 0.717) is 17.0 Å². The summed E-state index contributed by atoms with van der Waals surface area (Å²) in [6.45, 7) is 0. The molecule has 0 saturated carbocycles. The van der Waals surface area contributed by atoms with Gasteiger partial charge < -0.3 is 9.73 Å². The first-order valence-electron chi connectivity index (χ1n) is 6.29. The second-order valence-electron chi connectivity index (χ2n) is 4.37. The van der Waals surface area contributed by atoms with Gasteiger partial charge in [0.25, 0.3) is 5.91 Å². The minimum absolute atomic E-state index is 0.179. The zero-order chi connectivity index (χ0) is 14.7. The Hall–Kier alpha value is -2.95. The number of carbonyl (C=O) groups is 1. The van der Waals surface area contributed by atoms with Gasteiger partial charge >= 0.3 is 0 Å². The Morgan fingerprint density at radius 1 is 1.10 bits per heavy atom. The highest BCUT2D eigenvalue weighted by molar-refractivity contribution is 6.02. The van der Waals surface area contributed by atoms with Gasteiger partial charge in [0.15, 0.2) is 5.76 Å². The molecule has 0 unspecified atom stereocenters. The summed E-state index contributed by atoms with van der Waals surface area (Å²) in [4.78, 5) is 15.9. The van der Waals surface area contributed by atoms with Crippen molar-refractivity contribution in [3.8, 4) is 11.3 Å². The smallest absolute Gasteiger partial charge is 0.291 e. The van der Waals surface area contributed by atoms with Crippen LogP contribution in [-0.4, -0.2) is 10.9 Å². The summed E-state index contributed by atoms with van der Waals surface area (Å²) >= 11 is 0. The number of rotatable bonds is 3. The largest absolute Gasteiger partial charge is 0.451 e. The van der Waals surface area contributed by atoms with Crippen LogP contribution in [-0.2, 0) is 0 Å². The summed E-state index contributed by atoms with van der Waals surface area (Å²) in [7, 11) is 0. The summed E-state index contributed by atoms with van der Waals surface area (Å²) in [6.07, 6.45) is 3.16. The topological polar surface area (TPSA) is 55.1 Å². The van der Waals surface area contributed by atoms with Crippen LogP contribution in [0.5, 0.6) is 0 Å². The number of halogens is 1. The van der Waals surface area contributed by atoms with E-state index in [2.05, 4.69) is 10.3 Å². The predicted molar refractivity (Wildman–Crippen MR) is 76.3 cm³/mol. The summed E-state index contributed by atoms with van der Waals surface area (Å²) in [6, 6.07) is 12.6. The first-order valence-corrected chi connectivity index (χ1v) is 6.29. The number of nitrogens with zero attached hydrogens (tertiary/aromatic N) is 1. The molecule has 0 aliphatic heterocycles. The van der Waals surface area contributed by atoms with Gasteiger partial charge in [-0.15, -0.1) is 0 Å². The Balaban J connectivity index is 1.78. The summed E-state index contributed by atoms with van der Waals surface area (Å²) < 4.78 is 18.4. The maximum absolute atomic E-state index is 12.9. The van der Waals surface area contributed by atoms with E-state index in [1.807, 2.05) is 0 Å². The van der Waals surface area contributed by atoms with Crippen LogP contribution in [0, 0.1) is 5.82 Å². The van der Waals surface area contributed by atoms with Gasteiger partial charge in [-0.3, -0.25) is 9.78 Å². The molecule has 0 atom stereocenters. The molecule has 3 aromatic rings. The lowest BCUT2D eigenvalue weighted by molar-refractivity contribution is 0.0997. The van der Waals surface area contributed by atoms with Gasteiger partial charge in [0, 0.05) is 11.8 Å². The van der Waals surface area contributed by atoms with Crippen molar-refractivity contribution in [2.24, 2.45) is 0 Å². The number of anilines is 1. The average molecular weight is 282 g/mol. The second kappa shape index (κ2) is 5.58. The molecule has 2 aromatic heterocycles. The molecule has 5 heteroatoms. The van der Waals surface area contributed by atoms with Gasteiger partial charge in [0.05, 0.1) is 11.9 Å². The van der Waals surface area contributed by atoms with Crippen LogP contribution in [0.1, 0.15) is 10.6 Å². The normalized spacial score (nSPS) is 10.3. The Morgan fingerprint density at radius 3 is 2.62 bits per heavy atom.